The minimum absolute atomic E-state index is 0.0818. The predicted octanol–water partition coefficient (Wildman–Crippen LogP) is 13.9. The van der Waals surface area contributed by atoms with E-state index in [1.807, 2.05) is 6.92 Å². The van der Waals surface area contributed by atoms with E-state index in [1.54, 1.807) is 0 Å². The molecule has 0 aromatic heterocycles. The molecule has 0 aromatic carbocycles. The SMILES string of the molecule is CCCCCCCCCC(CCC(C)[SiH2]CCC(F)(F)C(F)(F)C(F)(F)C(F)(F)C(F)(F)C(F)(F)F)[SiH2]CCC(F)(F)C(F)(F)C(F)(F)C(F)(F)C(F)(F)C(F)(F)F. The van der Waals surface area contributed by atoms with Gasteiger partial charge in [0.2, 0.25) is 0 Å². The lowest BCUT2D eigenvalue weighted by atomic mass is 9.93. The molecule has 58 heavy (non-hydrogen) atoms. The molecular formula is C30H40F26Si2. The maximum atomic E-state index is 14.3. The molecule has 0 aliphatic heterocycles. The highest BCUT2D eigenvalue weighted by Gasteiger charge is 2.92. The van der Waals surface area contributed by atoms with Crippen molar-refractivity contribution >= 4 is 19.0 Å². The largest absolute Gasteiger partial charge is 0.460 e. The van der Waals surface area contributed by atoms with Gasteiger partial charge in [-0.05, 0) is 0 Å². The molecule has 0 radical (unpaired) electrons. The Morgan fingerprint density at radius 1 is 0.345 bits per heavy atom. The quantitative estimate of drug-likeness (QED) is 0.0437. The van der Waals surface area contributed by atoms with Crippen molar-refractivity contribution < 1.29 is 114 Å². The first-order valence-corrected chi connectivity index (χ1v) is 21.1. The lowest BCUT2D eigenvalue weighted by Crippen LogP contribution is -2.70. The van der Waals surface area contributed by atoms with Crippen molar-refractivity contribution in [3.63, 3.8) is 0 Å². The van der Waals surface area contributed by atoms with Crippen molar-refractivity contribution in [1.82, 2.24) is 0 Å². The van der Waals surface area contributed by atoms with Crippen LogP contribution in [-0.2, 0) is 0 Å². The van der Waals surface area contributed by atoms with Gasteiger partial charge in [-0.2, -0.15) is 114 Å². The van der Waals surface area contributed by atoms with Gasteiger partial charge in [-0.15, -0.1) is 0 Å². The normalized spacial score (nSPS) is 17.0. The summed E-state index contributed by atoms with van der Waals surface area (Å²) >= 11 is 0. The van der Waals surface area contributed by atoms with Gasteiger partial charge in [0.25, 0.3) is 0 Å². The highest BCUT2D eigenvalue weighted by atomic mass is 28.2. The van der Waals surface area contributed by atoms with E-state index in [-0.39, 0.29) is 19.3 Å². The average molecular weight is 951 g/mol. The van der Waals surface area contributed by atoms with Crippen molar-refractivity contribution in [2.75, 3.05) is 0 Å². The first-order chi connectivity index (χ1) is 25.5. The fraction of sp³-hybridized carbons (Fsp3) is 1.00. The van der Waals surface area contributed by atoms with E-state index < -0.39 is 127 Å². The zero-order chi connectivity index (χ0) is 46.5. The molecule has 2 unspecified atom stereocenters. The molecule has 0 rings (SSSR count). The Morgan fingerprint density at radius 2 is 0.655 bits per heavy atom. The van der Waals surface area contributed by atoms with Crippen LogP contribution in [0.1, 0.15) is 90.9 Å². The van der Waals surface area contributed by atoms with Crippen LogP contribution in [0.5, 0.6) is 0 Å². The van der Waals surface area contributed by atoms with Gasteiger partial charge in [0, 0.05) is 31.9 Å². The zero-order valence-electron chi connectivity index (χ0n) is 30.3. The van der Waals surface area contributed by atoms with Crippen LogP contribution in [-0.4, -0.2) is 90.6 Å². The lowest BCUT2D eigenvalue weighted by molar-refractivity contribution is -0.439. The van der Waals surface area contributed by atoms with Crippen LogP contribution >= 0.6 is 0 Å². The maximum Gasteiger partial charge on any atom is 0.460 e. The monoisotopic (exact) mass is 950 g/mol. The molecule has 0 saturated carbocycles. The second-order valence-corrected chi connectivity index (χ2v) is 19.4. The molecule has 0 amide bonds. The summed E-state index contributed by atoms with van der Waals surface area (Å²) in [6.07, 6.45) is -15.6. The third-order valence-electron chi connectivity index (χ3n) is 9.57. The lowest BCUT2D eigenvalue weighted by Gasteiger charge is -2.39. The van der Waals surface area contributed by atoms with Crippen molar-refractivity contribution in [3.05, 3.63) is 0 Å². The van der Waals surface area contributed by atoms with Crippen molar-refractivity contribution in [2.45, 2.75) is 186 Å². The van der Waals surface area contributed by atoms with E-state index in [4.69, 9.17) is 0 Å². The molecule has 0 aromatic rings. The Morgan fingerprint density at radius 3 is 1.00 bits per heavy atom. The average Bonchev–Trinajstić information content (AvgIpc) is 3.04. The number of alkyl halides is 26. The van der Waals surface area contributed by atoms with Crippen LogP contribution in [0.2, 0.25) is 23.2 Å². The molecule has 0 spiro atoms. The molecule has 0 saturated heterocycles. The van der Waals surface area contributed by atoms with Gasteiger partial charge in [0.05, 0.1) is 0 Å². The van der Waals surface area contributed by atoms with Gasteiger partial charge >= 0.3 is 71.6 Å². The number of hydrogen-bond donors (Lipinski definition) is 0. The summed E-state index contributed by atoms with van der Waals surface area (Å²) in [7, 11) is -4.41. The smallest absolute Gasteiger partial charge is 0.200 e. The van der Waals surface area contributed by atoms with E-state index in [0.29, 0.717) is 19.3 Å². The fourth-order valence-electron chi connectivity index (χ4n) is 5.69. The Hall–Kier alpha value is -1.39. The summed E-state index contributed by atoms with van der Waals surface area (Å²) in [6.45, 7) is 3.12. The molecule has 0 N–H and O–H groups in total. The molecule has 350 valence electrons. The first-order valence-electron chi connectivity index (χ1n) is 17.4. The molecule has 0 nitrogen and oxygen atoms in total. The minimum atomic E-state index is -8.07. The number of hydrogen-bond acceptors (Lipinski definition) is 0. The third-order valence-corrected chi connectivity index (χ3v) is 14.1. The Balaban J connectivity index is 5.87. The highest BCUT2D eigenvalue weighted by Crippen LogP contribution is 2.62. The fourth-order valence-corrected chi connectivity index (χ4v) is 9.89. The van der Waals surface area contributed by atoms with Crippen molar-refractivity contribution in [2.24, 2.45) is 0 Å². The maximum absolute atomic E-state index is 14.3. The number of unbranched alkanes of at least 4 members (excludes halogenated alkanes) is 6. The van der Waals surface area contributed by atoms with E-state index >= 15 is 0 Å². The van der Waals surface area contributed by atoms with E-state index in [9.17, 15) is 114 Å². The molecule has 0 fully saturated rings. The number of rotatable bonds is 27. The van der Waals surface area contributed by atoms with Gasteiger partial charge in [-0.3, -0.25) is 0 Å². The zero-order valence-corrected chi connectivity index (χ0v) is 33.1. The van der Waals surface area contributed by atoms with Crippen LogP contribution in [0.4, 0.5) is 114 Å². The molecular weight excluding hydrogens is 910 g/mol. The van der Waals surface area contributed by atoms with Crippen molar-refractivity contribution in [3.8, 4) is 0 Å². The second-order valence-electron chi connectivity index (χ2n) is 14.2. The highest BCUT2D eigenvalue weighted by molar-refractivity contribution is 6.38. The van der Waals surface area contributed by atoms with Crippen LogP contribution in [0.15, 0.2) is 0 Å². The summed E-state index contributed by atoms with van der Waals surface area (Å²) in [5.74, 6) is -75.4. The second kappa shape index (κ2) is 19.3. The minimum Gasteiger partial charge on any atom is -0.200 e. The van der Waals surface area contributed by atoms with Gasteiger partial charge in [-0.25, -0.2) is 0 Å². The summed E-state index contributed by atoms with van der Waals surface area (Å²) in [5, 5.41) is 0. The van der Waals surface area contributed by atoms with Crippen molar-refractivity contribution in [1.29, 1.82) is 0 Å². The number of halogens is 26. The van der Waals surface area contributed by atoms with Gasteiger partial charge in [0.1, 0.15) is 0 Å². The molecule has 0 aliphatic rings. The van der Waals surface area contributed by atoms with E-state index in [2.05, 4.69) is 0 Å². The molecule has 28 heteroatoms. The third kappa shape index (κ3) is 11.5. The van der Waals surface area contributed by atoms with Gasteiger partial charge < -0.3 is 0 Å². The summed E-state index contributed by atoms with van der Waals surface area (Å²) in [4.78, 5) is 0. The standard InChI is InChI=1S/C30H40F26Si2/c1-3-4-5-6-7-8-9-10-18(58-16-14-20(33,34)22(37,38)24(41,42)26(45,46)28(49,50)30(54,55)56)12-11-17(2)57-15-13-19(31,32)21(35,36)23(39,40)25(43,44)27(47,48)29(51,52)53/h17-18H,3-16,57-58H2,1-2H3. The van der Waals surface area contributed by atoms with Gasteiger partial charge in [-0.1, -0.05) is 101 Å². The molecule has 0 bridgehead atoms. The molecule has 2 atom stereocenters. The summed E-state index contributed by atoms with van der Waals surface area (Å²) in [6, 6.07) is -2.30. The van der Waals surface area contributed by atoms with E-state index in [0.717, 1.165) is 25.7 Å². The topological polar surface area (TPSA) is 0 Å². The van der Waals surface area contributed by atoms with Crippen LogP contribution in [0.25, 0.3) is 0 Å². The Bertz CT molecular complexity index is 1240. The van der Waals surface area contributed by atoms with Gasteiger partial charge in [0.15, 0.2) is 0 Å². The van der Waals surface area contributed by atoms with Crippen LogP contribution in [0, 0.1) is 0 Å². The Labute approximate surface area is 319 Å². The molecule has 0 aliphatic carbocycles. The summed E-state index contributed by atoms with van der Waals surface area (Å²) in [5.41, 5.74) is -1.58. The van der Waals surface area contributed by atoms with E-state index in [1.165, 1.54) is 6.92 Å². The molecule has 0 heterocycles. The van der Waals surface area contributed by atoms with Crippen LogP contribution < -0.4 is 0 Å². The Kier molecular flexibility index (Phi) is 18.9. The first kappa shape index (κ1) is 56.6. The predicted molar refractivity (Wildman–Crippen MR) is 163 cm³/mol. The summed E-state index contributed by atoms with van der Waals surface area (Å²) < 4.78 is 349. The van der Waals surface area contributed by atoms with Crippen LogP contribution in [0.3, 0.4) is 0 Å².